The van der Waals surface area contributed by atoms with E-state index in [1.54, 1.807) is 0 Å². The van der Waals surface area contributed by atoms with Crippen LogP contribution in [0.15, 0.2) is 42.0 Å². The first-order chi connectivity index (χ1) is 10.2. The molecule has 1 aromatic rings. The summed E-state index contributed by atoms with van der Waals surface area (Å²) >= 11 is 0. The number of rotatable bonds is 5. The van der Waals surface area contributed by atoms with Crippen molar-refractivity contribution in [3.05, 3.63) is 47.5 Å². The molecular formula is C19H28N2. The van der Waals surface area contributed by atoms with E-state index in [1.807, 2.05) is 0 Å². The standard InChI is InChI=1S/C19H28N2/c1-15(2)10-11-21-14-18(12-16-6-4-3-5-7-16)20-13-19(21)17-8-9-17/h3-7,10,17-20H,8-9,11-14H2,1-2H3. The molecular weight excluding hydrogens is 256 g/mol. The number of allylic oxidation sites excluding steroid dienone is 1. The van der Waals surface area contributed by atoms with Gasteiger partial charge in [0.25, 0.3) is 0 Å². The van der Waals surface area contributed by atoms with E-state index in [0.29, 0.717) is 6.04 Å². The molecule has 0 radical (unpaired) electrons. The maximum absolute atomic E-state index is 3.79. The Bertz CT molecular complexity index is 472. The molecule has 21 heavy (non-hydrogen) atoms. The van der Waals surface area contributed by atoms with Crippen molar-refractivity contribution in [3.8, 4) is 0 Å². The molecule has 2 atom stereocenters. The van der Waals surface area contributed by atoms with Crippen molar-refractivity contribution < 1.29 is 0 Å². The van der Waals surface area contributed by atoms with Crippen molar-refractivity contribution >= 4 is 0 Å². The highest BCUT2D eigenvalue weighted by Crippen LogP contribution is 2.36. The highest BCUT2D eigenvalue weighted by molar-refractivity contribution is 5.16. The number of hydrogen-bond donors (Lipinski definition) is 1. The Hall–Kier alpha value is -1.12. The minimum atomic E-state index is 0.591. The number of nitrogens with zero attached hydrogens (tertiary/aromatic N) is 1. The van der Waals surface area contributed by atoms with Gasteiger partial charge < -0.3 is 5.32 Å². The lowest BCUT2D eigenvalue weighted by atomic mass is 9.99. The average Bonchev–Trinajstić information content (AvgIpc) is 3.31. The van der Waals surface area contributed by atoms with Crippen molar-refractivity contribution in [1.29, 1.82) is 0 Å². The Kier molecular flexibility index (Phi) is 4.77. The van der Waals surface area contributed by atoms with Gasteiger partial charge in [-0.3, -0.25) is 4.90 Å². The predicted octanol–water partition coefficient (Wildman–Crippen LogP) is 3.25. The minimum Gasteiger partial charge on any atom is -0.311 e. The van der Waals surface area contributed by atoms with Crippen LogP contribution in [0.2, 0.25) is 0 Å². The van der Waals surface area contributed by atoms with E-state index in [0.717, 1.165) is 24.9 Å². The largest absolute Gasteiger partial charge is 0.311 e. The van der Waals surface area contributed by atoms with Gasteiger partial charge >= 0.3 is 0 Å². The molecule has 2 heteroatoms. The molecule has 0 amide bonds. The van der Waals surface area contributed by atoms with Crippen LogP contribution in [0.3, 0.4) is 0 Å². The summed E-state index contributed by atoms with van der Waals surface area (Å²) < 4.78 is 0. The zero-order valence-corrected chi connectivity index (χ0v) is 13.4. The fourth-order valence-electron chi connectivity index (χ4n) is 3.39. The molecule has 2 unspecified atom stereocenters. The maximum atomic E-state index is 3.79. The molecule has 0 spiro atoms. The van der Waals surface area contributed by atoms with Crippen molar-refractivity contribution in [1.82, 2.24) is 10.2 Å². The number of nitrogens with one attached hydrogen (secondary N) is 1. The lowest BCUT2D eigenvalue weighted by Gasteiger charge is -2.40. The molecule has 2 fully saturated rings. The molecule has 114 valence electrons. The van der Waals surface area contributed by atoms with Gasteiger partial charge in [-0.25, -0.2) is 0 Å². The second-order valence-corrected chi connectivity index (χ2v) is 6.94. The van der Waals surface area contributed by atoms with Crippen LogP contribution in [0.4, 0.5) is 0 Å². The van der Waals surface area contributed by atoms with Crippen molar-refractivity contribution in [2.45, 2.75) is 45.2 Å². The third-order valence-electron chi connectivity index (χ3n) is 4.76. The molecule has 1 heterocycles. The quantitative estimate of drug-likeness (QED) is 0.835. The van der Waals surface area contributed by atoms with Gasteiger partial charge in [-0.05, 0) is 44.6 Å². The highest BCUT2D eigenvalue weighted by Gasteiger charge is 2.38. The Morgan fingerprint density at radius 3 is 2.67 bits per heavy atom. The number of piperazine rings is 1. The third-order valence-corrected chi connectivity index (χ3v) is 4.76. The molecule has 1 saturated heterocycles. The van der Waals surface area contributed by atoms with E-state index in [2.05, 4.69) is 60.5 Å². The number of hydrogen-bond acceptors (Lipinski definition) is 2. The summed E-state index contributed by atoms with van der Waals surface area (Å²) in [7, 11) is 0. The average molecular weight is 284 g/mol. The second kappa shape index (κ2) is 6.76. The zero-order valence-electron chi connectivity index (χ0n) is 13.4. The fraction of sp³-hybridized carbons (Fsp3) is 0.579. The summed E-state index contributed by atoms with van der Waals surface area (Å²) in [5, 5.41) is 3.79. The zero-order chi connectivity index (χ0) is 14.7. The van der Waals surface area contributed by atoms with E-state index in [-0.39, 0.29) is 0 Å². The van der Waals surface area contributed by atoms with Gasteiger partial charge in [0.15, 0.2) is 0 Å². The Morgan fingerprint density at radius 2 is 2.00 bits per heavy atom. The molecule has 0 aromatic heterocycles. The normalized spacial score (nSPS) is 26.6. The predicted molar refractivity (Wildman–Crippen MR) is 89.5 cm³/mol. The van der Waals surface area contributed by atoms with Crippen molar-refractivity contribution in [2.24, 2.45) is 5.92 Å². The van der Waals surface area contributed by atoms with Crippen molar-refractivity contribution in [2.75, 3.05) is 19.6 Å². The number of benzene rings is 1. The van der Waals surface area contributed by atoms with Crippen LogP contribution < -0.4 is 5.32 Å². The van der Waals surface area contributed by atoms with Gasteiger partial charge in [0.2, 0.25) is 0 Å². The maximum Gasteiger partial charge on any atom is 0.0252 e. The van der Waals surface area contributed by atoms with Crippen LogP contribution in [0.1, 0.15) is 32.3 Å². The first-order valence-electron chi connectivity index (χ1n) is 8.37. The Balaban J connectivity index is 1.62. The monoisotopic (exact) mass is 284 g/mol. The third kappa shape index (κ3) is 4.18. The molecule has 0 bridgehead atoms. The minimum absolute atomic E-state index is 0.591. The van der Waals surface area contributed by atoms with Gasteiger partial charge in [-0.15, -0.1) is 0 Å². The SMILES string of the molecule is CC(C)=CCN1CC(Cc2ccccc2)NCC1C1CC1. The molecule has 3 rings (SSSR count). The van der Waals surface area contributed by atoms with E-state index in [4.69, 9.17) is 0 Å². The summed E-state index contributed by atoms with van der Waals surface area (Å²) in [6, 6.07) is 12.2. The van der Waals surface area contributed by atoms with Gasteiger partial charge in [-0.2, -0.15) is 0 Å². The molecule has 1 N–H and O–H groups in total. The van der Waals surface area contributed by atoms with E-state index >= 15 is 0 Å². The van der Waals surface area contributed by atoms with Crippen LogP contribution in [-0.4, -0.2) is 36.6 Å². The van der Waals surface area contributed by atoms with Crippen molar-refractivity contribution in [3.63, 3.8) is 0 Å². The van der Waals surface area contributed by atoms with Crippen LogP contribution in [0.5, 0.6) is 0 Å². The molecule has 2 nitrogen and oxygen atoms in total. The fourth-order valence-corrected chi connectivity index (χ4v) is 3.39. The van der Waals surface area contributed by atoms with Gasteiger partial charge in [0.1, 0.15) is 0 Å². The summed E-state index contributed by atoms with van der Waals surface area (Å²) in [4.78, 5) is 2.72. The molecule has 1 aliphatic carbocycles. The second-order valence-electron chi connectivity index (χ2n) is 6.94. The van der Waals surface area contributed by atoms with E-state index in [9.17, 15) is 0 Å². The van der Waals surface area contributed by atoms with Gasteiger partial charge in [0, 0.05) is 31.7 Å². The lowest BCUT2D eigenvalue weighted by molar-refractivity contribution is 0.128. The first-order valence-corrected chi connectivity index (χ1v) is 8.37. The summed E-state index contributed by atoms with van der Waals surface area (Å²) in [6.45, 7) is 7.88. The Morgan fingerprint density at radius 1 is 1.24 bits per heavy atom. The summed E-state index contributed by atoms with van der Waals surface area (Å²) in [5.41, 5.74) is 2.88. The lowest BCUT2D eigenvalue weighted by Crippen LogP contribution is -2.57. The first kappa shape index (κ1) is 14.8. The molecule has 1 aliphatic heterocycles. The van der Waals surface area contributed by atoms with Crippen LogP contribution in [0.25, 0.3) is 0 Å². The molecule has 1 aromatic carbocycles. The highest BCUT2D eigenvalue weighted by atomic mass is 15.2. The van der Waals surface area contributed by atoms with Crippen LogP contribution in [-0.2, 0) is 6.42 Å². The summed E-state index contributed by atoms with van der Waals surface area (Å²) in [6.07, 6.45) is 6.39. The topological polar surface area (TPSA) is 15.3 Å². The molecule has 1 saturated carbocycles. The summed E-state index contributed by atoms with van der Waals surface area (Å²) in [5.74, 6) is 0.945. The van der Waals surface area contributed by atoms with E-state index < -0.39 is 0 Å². The smallest absolute Gasteiger partial charge is 0.0252 e. The van der Waals surface area contributed by atoms with Gasteiger partial charge in [0.05, 0.1) is 0 Å². The van der Waals surface area contributed by atoms with Gasteiger partial charge in [-0.1, -0.05) is 42.0 Å². The van der Waals surface area contributed by atoms with Crippen LogP contribution in [0, 0.1) is 5.92 Å². The Labute approximate surface area is 129 Å². The molecule has 2 aliphatic rings. The van der Waals surface area contributed by atoms with Crippen LogP contribution >= 0.6 is 0 Å². The van der Waals surface area contributed by atoms with E-state index in [1.165, 1.54) is 37.1 Å².